The van der Waals surface area contributed by atoms with Crippen molar-refractivity contribution in [3.8, 4) is 0 Å². The van der Waals surface area contributed by atoms with Gasteiger partial charge in [-0.2, -0.15) is 0 Å². The molecule has 26 heavy (non-hydrogen) atoms. The number of benzene rings is 2. The van der Waals surface area contributed by atoms with E-state index < -0.39 is 0 Å². The van der Waals surface area contributed by atoms with E-state index in [2.05, 4.69) is 12.1 Å². The number of para-hydroxylation sites is 1. The molecule has 0 saturated carbocycles. The maximum Gasteiger partial charge on any atom is 0.262 e. The average molecular weight is 369 g/mol. The van der Waals surface area contributed by atoms with E-state index in [4.69, 9.17) is 9.72 Å². The van der Waals surface area contributed by atoms with E-state index in [1.165, 1.54) is 5.56 Å². The average Bonchev–Trinajstić information content (AvgIpc) is 2.66. The van der Waals surface area contributed by atoms with Gasteiger partial charge in [-0.3, -0.25) is 9.36 Å². The van der Waals surface area contributed by atoms with Gasteiger partial charge in [0.2, 0.25) is 0 Å². The third kappa shape index (κ3) is 4.74. The summed E-state index contributed by atoms with van der Waals surface area (Å²) in [5, 5.41) is 1.43. The van der Waals surface area contributed by atoms with E-state index in [0.29, 0.717) is 18.5 Å². The Labute approximate surface area is 158 Å². The molecule has 0 spiro atoms. The van der Waals surface area contributed by atoms with Gasteiger partial charge in [0.15, 0.2) is 5.16 Å². The minimum atomic E-state index is 0.0238. The van der Waals surface area contributed by atoms with Crippen LogP contribution in [0.3, 0.4) is 0 Å². The highest BCUT2D eigenvalue weighted by molar-refractivity contribution is 7.98. The van der Waals surface area contributed by atoms with Crippen LogP contribution in [0.1, 0.15) is 25.8 Å². The van der Waals surface area contributed by atoms with Gasteiger partial charge >= 0.3 is 0 Å². The highest BCUT2D eigenvalue weighted by Gasteiger charge is 2.11. The molecule has 0 saturated heterocycles. The molecular weight excluding hydrogens is 344 g/mol. The van der Waals surface area contributed by atoms with Crippen molar-refractivity contribution in [2.75, 3.05) is 6.61 Å². The van der Waals surface area contributed by atoms with E-state index in [-0.39, 0.29) is 11.7 Å². The molecule has 0 amide bonds. The number of rotatable bonds is 8. The van der Waals surface area contributed by atoms with E-state index in [9.17, 15) is 4.79 Å². The molecule has 5 heteroatoms. The minimum Gasteiger partial charge on any atom is -0.379 e. The lowest BCUT2D eigenvalue weighted by atomic mass is 10.2. The Balaban J connectivity index is 1.85. The first-order chi connectivity index (χ1) is 12.6. The molecule has 3 rings (SSSR count). The monoisotopic (exact) mass is 368 g/mol. The minimum absolute atomic E-state index is 0.0238. The van der Waals surface area contributed by atoms with Crippen LogP contribution >= 0.6 is 11.8 Å². The second kappa shape index (κ2) is 9.01. The summed E-state index contributed by atoms with van der Waals surface area (Å²) in [5.74, 6) is 0.786. The van der Waals surface area contributed by atoms with Crippen LogP contribution in [0.4, 0.5) is 0 Å². The summed E-state index contributed by atoms with van der Waals surface area (Å²) < 4.78 is 7.41. The Morgan fingerprint density at radius 1 is 1.08 bits per heavy atom. The summed E-state index contributed by atoms with van der Waals surface area (Å²) in [5.41, 5.74) is 1.99. The van der Waals surface area contributed by atoms with Crippen LogP contribution in [0, 0.1) is 0 Å². The summed E-state index contributed by atoms with van der Waals surface area (Å²) in [6.07, 6.45) is 0.991. The first kappa shape index (κ1) is 18.7. The summed E-state index contributed by atoms with van der Waals surface area (Å²) in [6.45, 7) is 5.29. The Bertz CT molecular complexity index is 907. The van der Waals surface area contributed by atoms with Crippen LogP contribution < -0.4 is 5.56 Å². The van der Waals surface area contributed by atoms with Gasteiger partial charge in [0.25, 0.3) is 5.56 Å². The Hall–Kier alpha value is -2.11. The van der Waals surface area contributed by atoms with E-state index in [0.717, 1.165) is 22.8 Å². The molecule has 136 valence electrons. The van der Waals surface area contributed by atoms with Gasteiger partial charge in [0.1, 0.15) is 0 Å². The van der Waals surface area contributed by atoms with Gasteiger partial charge in [0, 0.05) is 18.9 Å². The lowest BCUT2D eigenvalue weighted by Gasteiger charge is -2.14. The number of hydrogen-bond acceptors (Lipinski definition) is 4. The molecule has 0 atom stereocenters. The summed E-state index contributed by atoms with van der Waals surface area (Å²) in [4.78, 5) is 17.7. The quantitative estimate of drug-likeness (QED) is 0.333. The fourth-order valence-electron chi connectivity index (χ4n) is 2.72. The van der Waals surface area contributed by atoms with E-state index >= 15 is 0 Å². The van der Waals surface area contributed by atoms with Gasteiger partial charge < -0.3 is 4.74 Å². The van der Waals surface area contributed by atoms with Crippen molar-refractivity contribution < 1.29 is 4.74 Å². The number of fused-ring (bicyclic) bond motifs is 1. The van der Waals surface area contributed by atoms with Crippen LogP contribution in [-0.4, -0.2) is 22.3 Å². The van der Waals surface area contributed by atoms with Gasteiger partial charge in [-0.05, 0) is 38.0 Å². The van der Waals surface area contributed by atoms with Crippen molar-refractivity contribution in [2.24, 2.45) is 0 Å². The zero-order valence-corrected chi connectivity index (χ0v) is 16.0. The lowest BCUT2D eigenvalue weighted by Crippen LogP contribution is -2.24. The molecule has 0 unspecified atom stereocenters. The molecule has 0 bridgehead atoms. The molecule has 0 aliphatic heterocycles. The van der Waals surface area contributed by atoms with E-state index in [1.54, 1.807) is 16.3 Å². The first-order valence-electron chi connectivity index (χ1n) is 8.93. The largest absolute Gasteiger partial charge is 0.379 e. The van der Waals surface area contributed by atoms with Crippen molar-refractivity contribution in [1.82, 2.24) is 9.55 Å². The molecule has 1 aromatic heterocycles. The number of ether oxygens (including phenoxy) is 1. The van der Waals surface area contributed by atoms with Crippen molar-refractivity contribution in [1.29, 1.82) is 0 Å². The predicted octanol–water partition coefficient (Wildman–Crippen LogP) is 4.50. The number of nitrogens with zero attached hydrogens (tertiary/aromatic N) is 2. The smallest absolute Gasteiger partial charge is 0.262 e. The molecule has 3 aromatic rings. The maximum atomic E-state index is 13.0. The third-order valence-corrected chi connectivity index (χ3v) is 5.06. The Morgan fingerprint density at radius 2 is 1.81 bits per heavy atom. The summed E-state index contributed by atoms with van der Waals surface area (Å²) in [6, 6.07) is 17.8. The fourth-order valence-corrected chi connectivity index (χ4v) is 3.70. The molecule has 0 radical (unpaired) electrons. The molecule has 2 aromatic carbocycles. The van der Waals surface area contributed by atoms with Crippen molar-refractivity contribution in [2.45, 2.75) is 43.8 Å². The Kier molecular flexibility index (Phi) is 6.47. The highest BCUT2D eigenvalue weighted by Crippen LogP contribution is 2.22. The summed E-state index contributed by atoms with van der Waals surface area (Å²) in [7, 11) is 0. The normalized spacial score (nSPS) is 11.3. The second-order valence-electron chi connectivity index (χ2n) is 6.42. The summed E-state index contributed by atoms with van der Waals surface area (Å²) >= 11 is 1.60. The van der Waals surface area contributed by atoms with E-state index in [1.807, 2.05) is 56.3 Å². The van der Waals surface area contributed by atoms with Gasteiger partial charge in [0.05, 0.1) is 17.0 Å². The lowest BCUT2D eigenvalue weighted by molar-refractivity contribution is 0.0743. The molecule has 0 aliphatic carbocycles. The van der Waals surface area contributed by atoms with Crippen LogP contribution in [0.5, 0.6) is 0 Å². The maximum absolute atomic E-state index is 13.0. The molecule has 1 heterocycles. The number of hydrogen-bond donors (Lipinski definition) is 0. The van der Waals surface area contributed by atoms with Crippen molar-refractivity contribution in [3.05, 3.63) is 70.5 Å². The SMILES string of the molecule is CC(C)OCCCn1c(SCc2ccccc2)nc2ccccc2c1=O. The predicted molar refractivity (Wildman–Crippen MR) is 108 cm³/mol. The zero-order chi connectivity index (χ0) is 18.4. The standard InChI is InChI=1S/C21H24N2O2S/c1-16(2)25-14-8-13-23-20(24)18-11-6-7-12-19(18)22-21(23)26-15-17-9-4-3-5-10-17/h3-7,9-12,16H,8,13-15H2,1-2H3. The van der Waals surface area contributed by atoms with Crippen LogP contribution in [0.2, 0.25) is 0 Å². The topological polar surface area (TPSA) is 44.1 Å². The van der Waals surface area contributed by atoms with Gasteiger partial charge in [-0.1, -0.05) is 54.2 Å². The second-order valence-corrected chi connectivity index (χ2v) is 7.36. The molecule has 0 N–H and O–H groups in total. The molecule has 4 nitrogen and oxygen atoms in total. The van der Waals surface area contributed by atoms with Crippen molar-refractivity contribution >= 4 is 22.7 Å². The fraction of sp³-hybridized carbons (Fsp3) is 0.333. The number of aromatic nitrogens is 2. The van der Waals surface area contributed by atoms with Crippen LogP contribution in [0.25, 0.3) is 10.9 Å². The molecule has 0 fully saturated rings. The van der Waals surface area contributed by atoms with Crippen LogP contribution in [0.15, 0.2) is 64.5 Å². The first-order valence-corrected chi connectivity index (χ1v) is 9.91. The van der Waals surface area contributed by atoms with Gasteiger partial charge in [-0.15, -0.1) is 0 Å². The highest BCUT2D eigenvalue weighted by atomic mass is 32.2. The Morgan fingerprint density at radius 3 is 2.58 bits per heavy atom. The van der Waals surface area contributed by atoms with Crippen LogP contribution in [-0.2, 0) is 17.0 Å². The van der Waals surface area contributed by atoms with Crippen molar-refractivity contribution in [3.63, 3.8) is 0 Å². The third-order valence-electron chi connectivity index (χ3n) is 4.01. The zero-order valence-electron chi connectivity index (χ0n) is 15.2. The number of thioether (sulfide) groups is 1. The van der Waals surface area contributed by atoms with Gasteiger partial charge in [-0.25, -0.2) is 4.98 Å². The molecular formula is C21H24N2O2S. The molecule has 0 aliphatic rings.